The second-order valence-electron chi connectivity index (χ2n) is 0. The molecule has 0 spiro atoms. The molecule has 0 nitrogen and oxygen atoms in total. The molecular weight excluding hydrogens is 662 g/mol. The fraction of sp³-hybridized carbons (Fsp3) is 0. The van der Waals surface area contributed by atoms with Gasteiger partial charge in [-0.3, -0.25) is 0 Å². The van der Waals surface area contributed by atoms with Gasteiger partial charge in [0.05, 0.1) is 0 Å². The van der Waals surface area contributed by atoms with Crippen molar-refractivity contribution in [1.29, 1.82) is 0 Å². The normalized spacial score (nSPS) is 0. The van der Waals surface area contributed by atoms with Crippen molar-refractivity contribution in [2.45, 2.75) is 0 Å². The van der Waals surface area contributed by atoms with Crippen LogP contribution in [0, 0.1) is 0 Å². The van der Waals surface area contributed by atoms with E-state index in [0.29, 0.717) is 0 Å². The first kappa shape index (κ1) is 26.2. The van der Waals surface area contributed by atoms with Gasteiger partial charge in [0, 0.05) is 101 Å². The van der Waals surface area contributed by atoms with Gasteiger partial charge >= 0.3 is 0 Å². The molecule has 4 heavy (non-hydrogen) atoms. The van der Waals surface area contributed by atoms with Crippen LogP contribution in [0.15, 0.2) is 0 Å². The van der Waals surface area contributed by atoms with Crippen molar-refractivity contribution in [3.05, 3.63) is 0 Å². The molecule has 0 unspecified atom stereocenters. The topological polar surface area (TPSA) is 0 Å². The van der Waals surface area contributed by atoms with E-state index < -0.39 is 0 Å². The molecule has 0 rings (SSSR count). The van der Waals surface area contributed by atoms with Crippen LogP contribution < -0.4 is 0 Å². The molecule has 0 aliphatic heterocycles. The first-order valence-corrected chi connectivity index (χ1v) is 0. The molecule has 0 aromatic rings. The maximum Gasteiger partial charge on any atom is 0 e. The third-order valence-corrected chi connectivity index (χ3v) is 0. The van der Waals surface area contributed by atoms with Crippen LogP contribution >= 0.6 is 0 Å². The van der Waals surface area contributed by atoms with E-state index in [4.69, 9.17) is 0 Å². The van der Waals surface area contributed by atoms with Gasteiger partial charge in [-0.1, -0.05) is 0 Å². The minimum Gasteiger partial charge on any atom is 0 e. The molecule has 4 heteroatoms. The third kappa shape index (κ3) is 9.04. The van der Waals surface area contributed by atoms with Crippen molar-refractivity contribution < 1.29 is 0 Å². The molecule has 0 heterocycles. The summed E-state index contributed by atoms with van der Waals surface area (Å²) in [6.07, 6.45) is 0. The van der Waals surface area contributed by atoms with Crippen LogP contribution in [0.3, 0.4) is 0 Å². The average molecular weight is 662 g/mol. The van der Waals surface area contributed by atoms with E-state index in [1.807, 2.05) is 0 Å². The van der Waals surface area contributed by atoms with Crippen molar-refractivity contribution in [3.8, 4) is 0 Å². The number of hydrogen-bond donors (Lipinski definition) is 0. The maximum atomic E-state index is 0. The molecule has 0 aromatic heterocycles. The summed E-state index contributed by atoms with van der Waals surface area (Å²) in [5.41, 5.74) is 0. The average Bonchev–Trinajstić information content (AvgIpc) is 0. The Morgan fingerprint density at radius 1 is 1.00 bits per heavy atom. The molecule has 0 saturated carbocycles. The Bertz CT molecular complexity index is 8.00. The Morgan fingerprint density at radius 2 is 1.00 bits per heavy atom. The summed E-state index contributed by atoms with van der Waals surface area (Å²) < 4.78 is 0. The van der Waals surface area contributed by atoms with Crippen LogP contribution in [-0.4, -0.2) is 101 Å². The second-order valence-corrected chi connectivity index (χ2v) is 0. The van der Waals surface area contributed by atoms with Gasteiger partial charge < -0.3 is 0 Å². The molecule has 0 saturated heterocycles. The molecule has 0 bridgehead atoms. The molecule has 0 aromatic carbocycles. The molecule has 0 fully saturated rings. The van der Waals surface area contributed by atoms with E-state index in [9.17, 15) is 0 Å². The van der Waals surface area contributed by atoms with Crippen molar-refractivity contribution in [3.63, 3.8) is 0 Å². The SMILES string of the molecule is [Bi].[Pb].[Sn].[Te]. The van der Waals surface area contributed by atoms with E-state index in [1.165, 1.54) is 0 Å². The summed E-state index contributed by atoms with van der Waals surface area (Å²) in [5, 5.41) is 0. The summed E-state index contributed by atoms with van der Waals surface area (Å²) in [5.74, 6) is 0. The predicted molar refractivity (Wildman–Crippen MR) is 23.0 cm³/mol. The zero-order valence-corrected chi connectivity index (χ0v) is 14.4. The Morgan fingerprint density at radius 3 is 1.00 bits per heavy atom. The van der Waals surface area contributed by atoms with Gasteiger partial charge in [0.1, 0.15) is 0 Å². The Balaban J connectivity index is 0. The van der Waals surface area contributed by atoms with Gasteiger partial charge in [-0.2, -0.15) is 0 Å². The summed E-state index contributed by atoms with van der Waals surface area (Å²) in [7, 11) is 0. The quantitative estimate of drug-likeness (QED) is 0.277. The third-order valence-electron chi connectivity index (χ3n) is 0. The monoisotopic (exact) mass is 667 g/mol. The van der Waals surface area contributed by atoms with Crippen LogP contribution in [-0.2, 0) is 0 Å². The smallest absolute Gasteiger partial charge is 0 e. The van der Waals surface area contributed by atoms with Crippen molar-refractivity contribution >= 4 is 101 Å². The van der Waals surface area contributed by atoms with E-state index in [2.05, 4.69) is 0 Å². The van der Waals surface area contributed by atoms with Gasteiger partial charge in [0.25, 0.3) is 0 Å². The Kier molecular flexibility index (Phi) is 106. The Hall–Kier alpha value is 3.39. The van der Waals surface area contributed by atoms with Crippen LogP contribution in [0.4, 0.5) is 0 Å². The van der Waals surface area contributed by atoms with Crippen molar-refractivity contribution in [2.75, 3.05) is 0 Å². The fourth-order valence-corrected chi connectivity index (χ4v) is 0. The summed E-state index contributed by atoms with van der Waals surface area (Å²) in [6, 6.07) is 0. The minimum absolute atomic E-state index is 0. The second kappa shape index (κ2) is 16.2. The summed E-state index contributed by atoms with van der Waals surface area (Å²) in [4.78, 5) is 0. The van der Waals surface area contributed by atoms with Crippen LogP contribution in [0.1, 0.15) is 0 Å². The van der Waals surface area contributed by atoms with Crippen molar-refractivity contribution in [2.24, 2.45) is 0 Å². The fourth-order valence-electron chi connectivity index (χ4n) is 0. The maximum absolute atomic E-state index is 0. The molecule has 0 aliphatic rings. The first-order valence-electron chi connectivity index (χ1n) is 0. The number of hydrogen-bond acceptors (Lipinski definition) is 0. The Labute approximate surface area is 98.8 Å². The van der Waals surface area contributed by atoms with Gasteiger partial charge in [0.2, 0.25) is 0 Å². The van der Waals surface area contributed by atoms with E-state index >= 15 is 0 Å². The molecule has 13 radical (unpaired) electrons. The zero-order chi connectivity index (χ0) is 0. The number of rotatable bonds is 0. The minimum atomic E-state index is 0. The van der Waals surface area contributed by atoms with Crippen LogP contribution in [0.25, 0.3) is 0 Å². The van der Waals surface area contributed by atoms with Gasteiger partial charge in [0.15, 0.2) is 0 Å². The van der Waals surface area contributed by atoms with Crippen LogP contribution in [0.5, 0.6) is 0 Å². The standard InChI is InChI=1S/Bi.Pb.Sn.Te. The molecule has 0 N–H and O–H groups in total. The van der Waals surface area contributed by atoms with E-state index in [0.717, 1.165) is 0 Å². The molecule has 0 amide bonds. The molecule has 0 aliphatic carbocycles. The van der Waals surface area contributed by atoms with Gasteiger partial charge in [-0.05, 0) is 0 Å². The van der Waals surface area contributed by atoms with Crippen LogP contribution in [0.2, 0.25) is 0 Å². The largest absolute Gasteiger partial charge is 0 e. The van der Waals surface area contributed by atoms with Gasteiger partial charge in [-0.15, -0.1) is 0 Å². The summed E-state index contributed by atoms with van der Waals surface area (Å²) >= 11 is 0. The molecule has 0 atom stereocenters. The van der Waals surface area contributed by atoms with E-state index in [1.54, 1.807) is 0 Å². The predicted octanol–water partition coefficient (Wildman–Crippen LogP) is -1.52. The van der Waals surface area contributed by atoms with Gasteiger partial charge in [-0.25, -0.2) is 0 Å². The molecular formula is BiPbSnTe. The first-order chi connectivity index (χ1) is 0. The van der Waals surface area contributed by atoms with Crippen molar-refractivity contribution in [1.82, 2.24) is 0 Å². The zero-order valence-electron chi connectivity index (χ0n) is 1.86. The molecule has 19 valence electrons. The van der Waals surface area contributed by atoms with E-state index in [-0.39, 0.29) is 101 Å². The summed E-state index contributed by atoms with van der Waals surface area (Å²) in [6.45, 7) is 0.